The van der Waals surface area contributed by atoms with E-state index in [2.05, 4.69) is 0 Å². The number of imide groups is 1. The van der Waals surface area contributed by atoms with E-state index in [0.29, 0.717) is 12.8 Å². The molecule has 0 N–H and O–H groups in total. The van der Waals surface area contributed by atoms with Crippen molar-refractivity contribution in [3.05, 3.63) is 48.0 Å². The first-order valence-corrected chi connectivity index (χ1v) is 9.14. The fourth-order valence-corrected chi connectivity index (χ4v) is 3.52. The number of benzene rings is 1. The Balaban J connectivity index is 1.78. The highest BCUT2D eigenvalue weighted by Gasteiger charge is 2.57. The Morgan fingerprint density at radius 2 is 1.78 bits per heavy atom. The van der Waals surface area contributed by atoms with Gasteiger partial charge in [-0.05, 0) is 45.6 Å². The summed E-state index contributed by atoms with van der Waals surface area (Å²) in [5.41, 5.74) is -0.663. The molecular weight excluding hydrogens is 346 g/mol. The Morgan fingerprint density at radius 1 is 1.15 bits per heavy atom. The number of esters is 1. The van der Waals surface area contributed by atoms with Gasteiger partial charge in [-0.15, -0.1) is 0 Å². The summed E-state index contributed by atoms with van der Waals surface area (Å²) in [7, 11) is 0. The van der Waals surface area contributed by atoms with E-state index in [4.69, 9.17) is 9.47 Å². The summed E-state index contributed by atoms with van der Waals surface area (Å²) in [5, 5.41) is 0. The van der Waals surface area contributed by atoms with E-state index in [0.717, 1.165) is 10.5 Å². The molecule has 1 aliphatic heterocycles. The Morgan fingerprint density at radius 3 is 2.37 bits per heavy atom. The minimum absolute atomic E-state index is 0.0950. The van der Waals surface area contributed by atoms with Crippen LogP contribution in [0, 0.1) is 5.41 Å². The standard InChI is InChI=1S/C21H25NO5/c1-20(2,3)27-19(25)22-16(13-21(18(22)24)11-7-8-12-21)17(23)26-14-15-9-5-4-6-10-15/h4-10,16H,11-14H2,1-3H3/t16-/m0/s1. The normalized spacial score (nSPS) is 20.9. The van der Waals surface area contributed by atoms with Gasteiger partial charge in [0, 0.05) is 0 Å². The Kier molecular flexibility index (Phi) is 5.09. The zero-order valence-corrected chi connectivity index (χ0v) is 15.9. The predicted molar refractivity (Wildman–Crippen MR) is 98.5 cm³/mol. The topological polar surface area (TPSA) is 72.9 Å². The minimum atomic E-state index is -0.962. The number of ether oxygens (including phenoxy) is 2. The maximum absolute atomic E-state index is 13.0. The van der Waals surface area contributed by atoms with Crippen molar-refractivity contribution in [3.8, 4) is 0 Å². The third-order valence-electron chi connectivity index (χ3n) is 4.84. The number of likely N-dealkylation sites (tertiary alicyclic amines) is 1. The van der Waals surface area contributed by atoms with Crippen molar-refractivity contribution in [2.24, 2.45) is 5.41 Å². The van der Waals surface area contributed by atoms with Crippen LogP contribution >= 0.6 is 0 Å². The summed E-state index contributed by atoms with van der Waals surface area (Å²) < 4.78 is 10.8. The molecule has 2 amide bonds. The Labute approximate surface area is 159 Å². The van der Waals surface area contributed by atoms with Gasteiger partial charge in [0.25, 0.3) is 0 Å². The fourth-order valence-electron chi connectivity index (χ4n) is 3.52. The molecule has 0 radical (unpaired) electrons. The lowest BCUT2D eigenvalue weighted by molar-refractivity contribution is -0.152. The number of hydrogen-bond acceptors (Lipinski definition) is 5. The van der Waals surface area contributed by atoms with E-state index in [1.54, 1.807) is 20.8 Å². The maximum Gasteiger partial charge on any atom is 0.417 e. The molecule has 1 aliphatic carbocycles. The monoisotopic (exact) mass is 371 g/mol. The van der Waals surface area contributed by atoms with Crippen molar-refractivity contribution >= 4 is 18.0 Å². The van der Waals surface area contributed by atoms with Crippen LogP contribution in [0.5, 0.6) is 0 Å². The Hall–Kier alpha value is -2.63. The van der Waals surface area contributed by atoms with Gasteiger partial charge in [0.2, 0.25) is 5.91 Å². The number of rotatable bonds is 3. The largest absolute Gasteiger partial charge is 0.459 e. The molecule has 1 aromatic rings. The van der Waals surface area contributed by atoms with Crippen molar-refractivity contribution < 1.29 is 23.9 Å². The van der Waals surface area contributed by atoms with E-state index in [9.17, 15) is 14.4 Å². The number of nitrogens with zero attached hydrogens (tertiary/aromatic N) is 1. The van der Waals surface area contributed by atoms with Gasteiger partial charge in [-0.3, -0.25) is 4.79 Å². The molecule has 2 aliphatic rings. The van der Waals surface area contributed by atoms with Crippen molar-refractivity contribution in [1.29, 1.82) is 0 Å². The summed E-state index contributed by atoms with van der Waals surface area (Å²) in [6.07, 6.45) is 4.34. The van der Waals surface area contributed by atoms with Crippen molar-refractivity contribution in [2.75, 3.05) is 0 Å². The smallest absolute Gasteiger partial charge is 0.417 e. The lowest BCUT2D eigenvalue weighted by Crippen LogP contribution is -2.47. The van der Waals surface area contributed by atoms with E-state index in [-0.39, 0.29) is 18.9 Å². The highest BCUT2D eigenvalue weighted by atomic mass is 16.6. The number of hydrogen-bond donors (Lipinski definition) is 0. The van der Waals surface area contributed by atoms with Crippen LogP contribution in [0.4, 0.5) is 4.79 Å². The summed E-state index contributed by atoms with van der Waals surface area (Å²) in [4.78, 5) is 39.4. The molecule has 6 nitrogen and oxygen atoms in total. The van der Waals surface area contributed by atoms with Gasteiger partial charge in [0.1, 0.15) is 18.2 Å². The van der Waals surface area contributed by atoms with Crippen LogP contribution in [0.2, 0.25) is 0 Å². The highest BCUT2D eigenvalue weighted by molar-refractivity contribution is 6.03. The second kappa shape index (κ2) is 7.18. The summed E-state index contributed by atoms with van der Waals surface area (Å²) in [6, 6.07) is 8.32. The van der Waals surface area contributed by atoms with Gasteiger partial charge < -0.3 is 9.47 Å². The van der Waals surface area contributed by atoms with Gasteiger partial charge in [0.15, 0.2) is 0 Å². The number of allylic oxidation sites excluding steroid dienone is 2. The molecule has 1 fully saturated rings. The zero-order valence-electron chi connectivity index (χ0n) is 15.9. The van der Waals surface area contributed by atoms with E-state index in [1.807, 2.05) is 42.5 Å². The average Bonchev–Trinajstić information content (AvgIpc) is 3.18. The molecule has 3 rings (SSSR count). The second-order valence-corrected chi connectivity index (χ2v) is 8.13. The molecule has 1 saturated heterocycles. The first-order valence-electron chi connectivity index (χ1n) is 9.14. The molecule has 0 aromatic heterocycles. The van der Waals surface area contributed by atoms with Gasteiger partial charge in [-0.1, -0.05) is 42.5 Å². The lowest BCUT2D eigenvalue weighted by atomic mass is 9.82. The highest BCUT2D eigenvalue weighted by Crippen LogP contribution is 2.46. The maximum atomic E-state index is 13.0. The van der Waals surface area contributed by atoms with Crippen molar-refractivity contribution in [1.82, 2.24) is 4.90 Å². The van der Waals surface area contributed by atoms with Crippen LogP contribution in [0.1, 0.15) is 45.6 Å². The zero-order chi connectivity index (χ0) is 19.7. The number of carbonyl (C=O) groups excluding carboxylic acids is 3. The van der Waals surface area contributed by atoms with Gasteiger partial charge >= 0.3 is 12.1 Å². The molecule has 0 bridgehead atoms. The van der Waals surface area contributed by atoms with E-state index < -0.39 is 29.1 Å². The molecule has 144 valence electrons. The fraction of sp³-hybridized carbons (Fsp3) is 0.476. The third-order valence-corrected chi connectivity index (χ3v) is 4.84. The molecule has 0 unspecified atom stereocenters. The van der Waals surface area contributed by atoms with Gasteiger partial charge in [-0.2, -0.15) is 0 Å². The summed E-state index contributed by atoms with van der Waals surface area (Å²) >= 11 is 0. The molecular formula is C21H25NO5. The quantitative estimate of drug-likeness (QED) is 0.600. The van der Waals surface area contributed by atoms with Crippen molar-refractivity contribution in [3.63, 3.8) is 0 Å². The van der Waals surface area contributed by atoms with Crippen LogP contribution in [0.3, 0.4) is 0 Å². The molecule has 1 atom stereocenters. The Bertz CT molecular complexity index is 755. The van der Waals surface area contributed by atoms with Crippen LogP contribution in [-0.4, -0.2) is 34.5 Å². The molecule has 27 heavy (non-hydrogen) atoms. The lowest BCUT2D eigenvalue weighted by Gasteiger charge is -2.27. The molecule has 1 aromatic carbocycles. The van der Waals surface area contributed by atoms with E-state index >= 15 is 0 Å². The van der Waals surface area contributed by atoms with Gasteiger partial charge in [-0.25, -0.2) is 14.5 Å². The predicted octanol–water partition coefficient (Wildman–Crippen LogP) is 3.60. The van der Waals surface area contributed by atoms with Crippen LogP contribution in [0.25, 0.3) is 0 Å². The summed E-state index contributed by atoms with van der Waals surface area (Å²) in [5.74, 6) is -0.940. The number of carbonyl (C=O) groups is 3. The molecule has 1 spiro atoms. The third kappa shape index (κ3) is 4.04. The first kappa shape index (κ1) is 19.1. The summed E-state index contributed by atoms with van der Waals surface area (Å²) in [6.45, 7) is 5.26. The molecule has 1 heterocycles. The average molecular weight is 371 g/mol. The molecule has 6 heteroatoms. The first-order chi connectivity index (χ1) is 12.7. The SMILES string of the molecule is CC(C)(C)OC(=O)N1C(=O)C2(CC=CC2)C[C@H]1C(=O)OCc1ccccc1. The minimum Gasteiger partial charge on any atom is -0.459 e. The van der Waals surface area contributed by atoms with Crippen LogP contribution in [0.15, 0.2) is 42.5 Å². The second-order valence-electron chi connectivity index (χ2n) is 8.13. The van der Waals surface area contributed by atoms with Crippen LogP contribution < -0.4 is 0 Å². The van der Waals surface area contributed by atoms with Crippen molar-refractivity contribution in [2.45, 2.75) is 58.3 Å². The molecule has 0 saturated carbocycles. The van der Waals surface area contributed by atoms with Gasteiger partial charge in [0.05, 0.1) is 5.41 Å². The van der Waals surface area contributed by atoms with Crippen LogP contribution in [-0.2, 0) is 25.7 Å². The van der Waals surface area contributed by atoms with E-state index in [1.165, 1.54) is 0 Å². The number of amides is 2.